The van der Waals surface area contributed by atoms with Crippen molar-refractivity contribution in [3.05, 3.63) is 78.3 Å². The number of amides is 3. The first-order chi connectivity index (χ1) is 17.4. The number of imide groups is 1. The topological polar surface area (TPSA) is 191 Å². The Morgan fingerprint density at radius 1 is 0.919 bits per heavy atom. The van der Waals surface area contributed by atoms with Crippen LogP contribution in [-0.4, -0.2) is 52.0 Å². The van der Waals surface area contributed by atoms with Crippen molar-refractivity contribution in [3.63, 3.8) is 0 Å². The van der Waals surface area contributed by atoms with Gasteiger partial charge in [-0.05, 0) is 60.5 Å². The van der Waals surface area contributed by atoms with Crippen LogP contribution in [-0.2, 0) is 36.1 Å². The van der Waals surface area contributed by atoms with Gasteiger partial charge in [-0.1, -0.05) is 12.1 Å². The molecule has 0 radical (unpaired) electrons. The van der Waals surface area contributed by atoms with Crippen LogP contribution < -0.4 is 15.2 Å². The molecule has 1 atom stereocenters. The van der Waals surface area contributed by atoms with Crippen molar-refractivity contribution >= 4 is 43.5 Å². The molecular weight excluding hydrogens is 524 g/mol. The van der Waals surface area contributed by atoms with Gasteiger partial charge in [-0.3, -0.25) is 14.4 Å². The number of carbonyl (C=O) groups is 3. The first kappa shape index (κ1) is 26.2. The predicted octanol–water partition coefficient (Wildman–Crippen LogP) is 0.591. The van der Waals surface area contributed by atoms with Crippen LogP contribution in [0.1, 0.15) is 22.5 Å². The number of sulfonamides is 2. The second-order valence-corrected chi connectivity index (χ2v) is 11.4. The number of nitrogens with two attached hydrogens (primary N) is 2. The fourth-order valence-electron chi connectivity index (χ4n) is 3.95. The third-order valence-electron chi connectivity index (χ3n) is 5.81. The lowest BCUT2D eigenvalue weighted by Gasteiger charge is -2.27. The van der Waals surface area contributed by atoms with Gasteiger partial charge in [0.25, 0.3) is 11.8 Å². The fraction of sp³-hybridized carbons (Fsp3) is 0.174. The summed E-state index contributed by atoms with van der Waals surface area (Å²) in [5.41, 5.74) is 0.797. The van der Waals surface area contributed by atoms with Crippen molar-refractivity contribution in [1.82, 2.24) is 4.90 Å². The van der Waals surface area contributed by atoms with Crippen molar-refractivity contribution in [2.75, 3.05) is 11.4 Å². The molecule has 14 heteroatoms. The SMILES string of the molecule is NS(=O)(=O)c1ccc(CCN(C(=O)c2ccco2)C2CC(=O)N(c3ccc(S(N)(=O)=O)cc3)C2=O)cc1. The zero-order chi connectivity index (χ0) is 27.0. The number of hydrogen-bond acceptors (Lipinski definition) is 8. The molecule has 0 spiro atoms. The maximum atomic E-state index is 13.3. The number of hydrogen-bond donors (Lipinski definition) is 2. The molecule has 12 nitrogen and oxygen atoms in total. The second kappa shape index (κ2) is 9.89. The number of furan rings is 1. The molecule has 1 aliphatic rings. The highest BCUT2D eigenvalue weighted by Gasteiger charge is 2.44. The second-order valence-electron chi connectivity index (χ2n) is 8.24. The van der Waals surface area contributed by atoms with Gasteiger partial charge in [-0.2, -0.15) is 0 Å². The Bertz CT molecular complexity index is 1550. The van der Waals surface area contributed by atoms with Crippen LogP contribution >= 0.6 is 0 Å². The van der Waals surface area contributed by atoms with Crippen LogP contribution in [0, 0.1) is 0 Å². The molecule has 37 heavy (non-hydrogen) atoms. The van der Waals surface area contributed by atoms with Crippen LogP contribution in [0.25, 0.3) is 0 Å². The molecule has 1 fully saturated rings. The first-order valence-corrected chi connectivity index (χ1v) is 13.9. The van der Waals surface area contributed by atoms with Gasteiger partial charge >= 0.3 is 0 Å². The Morgan fingerprint density at radius 2 is 1.49 bits per heavy atom. The summed E-state index contributed by atoms with van der Waals surface area (Å²) in [5, 5.41) is 10.2. The van der Waals surface area contributed by atoms with Crippen molar-refractivity contribution < 1.29 is 35.6 Å². The molecule has 1 saturated heterocycles. The quantitative estimate of drug-likeness (QED) is 0.383. The van der Waals surface area contributed by atoms with E-state index in [0.717, 1.165) is 4.90 Å². The highest BCUT2D eigenvalue weighted by molar-refractivity contribution is 7.89. The third kappa shape index (κ3) is 5.61. The lowest BCUT2D eigenvalue weighted by atomic mass is 10.1. The van der Waals surface area contributed by atoms with E-state index in [-0.39, 0.29) is 40.6 Å². The predicted molar refractivity (Wildman–Crippen MR) is 130 cm³/mol. The van der Waals surface area contributed by atoms with Crippen LogP contribution in [0.4, 0.5) is 5.69 Å². The largest absolute Gasteiger partial charge is 0.459 e. The van der Waals surface area contributed by atoms with Gasteiger partial charge in [0.1, 0.15) is 6.04 Å². The maximum absolute atomic E-state index is 13.3. The average Bonchev–Trinajstić information content (AvgIpc) is 3.47. The molecule has 3 amide bonds. The van der Waals surface area contributed by atoms with Crippen LogP contribution in [0.15, 0.2) is 81.1 Å². The summed E-state index contributed by atoms with van der Waals surface area (Å²) in [4.78, 5) is 41.3. The Labute approximate surface area is 212 Å². The number of anilines is 1. The van der Waals surface area contributed by atoms with E-state index in [2.05, 4.69) is 0 Å². The number of nitrogens with zero attached hydrogens (tertiary/aromatic N) is 2. The molecule has 2 heterocycles. The van der Waals surface area contributed by atoms with E-state index in [9.17, 15) is 31.2 Å². The molecule has 4 N–H and O–H groups in total. The summed E-state index contributed by atoms with van der Waals surface area (Å²) in [5.74, 6) is -1.88. The molecule has 1 aliphatic heterocycles. The molecular formula is C23H22N4O8S2. The summed E-state index contributed by atoms with van der Waals surface area (Å²) in [6.45, 7) is 0.0101. The summed E-state index contributed by atoms with van der Waals surface area (Å²) in [6, 6.07) is 12.5. The molecule has 1 unspecified atom stereocenters. The van der Waals surface area contributed by atoms with Crippen molar-refractivity contribution in [2.45, 2.75) is 28.7 Å². The zero-order valence-electron chi connectivity index (χ0n) is 19.2. The van der Waals surface area contributed by atoms with E-state index in [0.29, 0.717) is 5.56 Å². The Hall–Kier alpha value is -3.85. The molecule has 2 aromatic carbocycles. The van der Waals surface area contributed by atoms with Gasteiger partial charge in [0.05, 0.1) is 28.2 Å². The molecule has 4 rings (SSSR count). The average molecular weight is 547 g/mol. The maximum Gasteiger partial charge on any atom is 0.290 e. The van der Waals surface area contributed by atoms with E-state index < -0.39 is 43.8 Å². The van der Waals surface area contributed by atoms with Crippen molar-refractivity contribution in [3.8, 4) is 0 Å². The van der Waals surface area contributed by atoms with Gasteiger partial charge in [-0.15, -0.1) is 0 Å². The van der Waals surface area contributed by atoms with Crippen LogP contribution in [0.3, 0.4) is 0 Å². The number of primary sulfonamides is 2. The first-order valence-electron chi connectivity index (χ1n) is 10.8. The van der Waals surface area contributed by atoms with Crippen molar-refractivity contribution in [2.24, 2.45) is 10.3 Å². The van der Waals surface area contributed by atoms with E-state index in [1.54, 1.807) is 0 Å². The minimum Gasteiger partial charge on any atom is -0.459 e. The highest BCUT2D eigenvalue weighted by atomic mass is 32.2. The zero-order valence-corrected chi connectivity index (χ0v) is 20.8. The number of benzene rings is 2. The van der Waals surface area contributed by atoms with E-state index >= 15 is 0 Å². The van der Waals surface area contributed by atoms with Crippen LogP contribution in [0.2, 0.25) is 0 Å². The summed E-state index contributed by atoms with van der Waals surface area (Å²) in [7, 11) is -7.84. The van der Waals surface area contributed by atoms with Gasteiger partial charge in [0, 0.05) is 6.54 Å². The number of rotatable bonds is 8. The van der Waals surface area contributed by atoms with Gasteiger partial charge in [-0.25, -0.2) is 32.0 Å². The summed E-state index contributed by atoms with van der Waals surface area (Å²) in [6.07, 6.45) is 1.24. The van der Waals surface area contributed by atoms with E-state index in [4.69, 9.17) is 14.7 Å². The standard InChI is InChI=1S/C23H22N4O8S2/c24-36(31,32)17-7-3-15(4-8-17)11-12-26(23(30)20-2-1-13-35-20)19-14-21(28)27(22(19)29)16-5-9-18(10-6-16)37(25,33)34/h1-10,13,19H,11-12,14H2,(H2,24,31,32)(H2,25,33,34). The lowest BCUT2D eigenvalue weighted by molar-refractivity contribution is -0.122. The van der Waals surface area contributed by atoms with E-state index in [1.165, 1.54) is 71.8 Å². The molecule has 1 aromatic heterocycles. The molecule has 194 valence electrons. The Balaban J connectivity index is 1.59. The highest BCUT2D eigenvalue weighted by Crippen LogP contribution is 2.28. The van der Waals surface area contributed by atoms with Crippen molar-refractivity contribution in [1.29, 1.82) is 0 Å². The van der Waals surface area contributed by atoms with Gasteiger partial charge in [0.2, 0.25) is 26.0 Å². The molecule has 3 aromatic rings. The summed E-state index contributed by atoms with van der Waals surface area (Å²) < 4.78 is 51.2. The Morgan fingerprint density at radius 3 is 2.00 bits per heavy atom. The van der Waals surface area contributed by atoms with Gasteiger partial charge in [0.15, 0.2) is 5.76 Å². The molecule has 0 bridgehead atoms. The van der Waals surface area contributed by atoms with E-state index in [1.807, 2.05) is 0 Å². The van der Waals surface area contributed by atoms with Gasteiger partial charge < -0.3 is 9.32 Å². The minimum absolute atomic E-state index is 0.0101. The Kier molecular flexibility index (Phi) is 7.01. The molecule has 0 saturated carbocycles. The number of carbonyl (C=O) groups excluding carboxylic acids is 3. The summed E-state index contributed by atoms with van der Waals surface area (Å²) >= 11 is 0. The fourth-order valence-corrected chi connectivity index (χ4v) is 4.98. The van der Waals surface area contributed by atoms with Crippen LogP contribution in [0.5, 0.6) is 0 Å². The lowest BCUT2D eigenvalue weighted by Crippen LogP contribution is -2.46. The monoisotopic (exact) mass is 546 g/mol. The normalized spacial score (nSPS) is 16.3. The third-order valence-corrected chi connectivity index (χ3v) is 7.67. The minimum atomic E-state index is -3.97. The molecule has 0 aliphatic carbocycles. The smallest absolute Gasteiger partial charge is 0.290 e.